The molecule has 0 saturated carbocycles. The van der Waals surface area contributed by atoms with Gasteiger partial charge in [0.25, 0.3) is 5.91 Å². The Morgan fingerprint density at radius 3 is 3.00 bits per heavy atom. The van der Waals surface area contributed by atoms with Crippen molar-refractivity contribution in [2.75, 3.05) is 26.7 Å². The fraction of sp³-hybridized carbons (Fsp3) is 0.538. The fourth-order valence-electron chi connectivity index (χ4n) is 2.36. The molecule has 0 aliphatic carbocycles. The summed E-state index contributed by atoms with van der Waals surface area (Å²) in [6.45, 7) is 1.36. The maximum absolute atomic E-state index is 12.2. The molecule has 1 fully saturated rings. The first-order valence-corrected chi connectivity index (χ1v) is 7.30. The molecular formula is C13H19N3O2S. The summed E-state index contributed by atoms with van der Waals surface area (Å²) in [7, 11) is 1.66. The number of nitrogens with two attached hydrogens (primary N) is 1. The summed E-state index contributed by atoms with van der Waals surface area (Å²) >= 11 is 1.39. The molecule has 1 aromatic heterocycles. The van der Waals surface area contributed by atoms with Gasteiger partial charge in [0.1, 0.15) is 0 Å². The van der Waals surface area contributed by atoms with Gasteiger partial charge in [0.15, 0.2) is 0 Å². The van der Waals surface area contributed by atoms with Crippen LogP contribution in [0.5, 0.6) is 0 Å². The van der Waals surface area contributed by atoms with Crippen molar-refractivity contribution < 1.29 is 9.59 Å². The molecule has 2 heterocycles. The van der Waals surface area contributed by atoms with E-state index in [0.717, 1.165) is 19.4 Å². The minimum atomic E-state index is -0.105. The first-order chi connectivity index (χ1) is 9.13. The lowest BCUT2D eigenvalue weighted by molar-refractivity contribution is -0.132. The molecule has 6 heteroatoms. The molecule has 2 N–H and O–H groups in total. The Morgan fingerprint density at radius 1 is 1.58 bits per heavy atom. The van der Waals surface area contributed by atoms with E-state index in [1.807, 2.05) is 11.4 Å². The number of hydrogen-bond acceptors (Lipinski definition) is 4. The molecule has 0 bridgehead atoms. The van der Waals surface area contributed by atoms with E-state index in [2.05, 4.69) is 0 Å². The number of thiophene rings is 1. The third kappa shape index (κ3) is 3.13. The largest absolute Gasteiger partial charge is 0.337 e. The molecule has 104 valence electrons. The van der Waals surface area contributed by atoms with Crippen molar-refractivity contribution in [2.24, 2.45) is 5.73 Å². The van der Waals surface area contributed by atoms with Gasteiger partial charge in [-0.1, -0.05) is 6.07 Å². The first kappa shape index (κ1) is 14.0. The number of rotatable bonds is 4. The van der Waals surface area contributed by atoms with Gasteiger partial charge in [-0.3, -0.25) is 9.59 Å². The molecule has 1 saturated heterocycles. The summed E-state index contributed by atoms with van der Waals surface area (Å²) in [6.07, 6.45) is 1.96. The van der Waals surface area contributed by atoms with E-state index in [4.69, 9.17) is 5.73 Å². The molecule has 0 radical (unpaired) electrons. The van der Waals surface area contributed by atoms with Crippen molar-refractivity contribution in [3.05, 3.63) is 22.4 Å². The Bertz CT molecular complexity index is 447. The minimum Gasteiger partial charge on any atom is -0.337 e. The van der Waals surface area contributed by atoms with Crippen LogP contribution in [0.2, 0.25) is 0 Å². The van der Waals surface area contributed by atoms with Crippen LogP contribution in [0.4, 0.5) is 0 Å². The average molecular weight is 281 g/mol. The third-order valence-electron chi connectivity index (χ3n) is 3.42. The number of likely N-dealkylation sites (N-methyl/N-ethyl adjacent to an activating group) is 1. The highest BCUT2D eigenvalue weighted by Gasteiger charge is 2.28. The lowest BCUT2D eigenvalue weighted by Crippen LogP contribution is -2.45. The van der Waals surface area contributed by atoms with Crippen molar-refractivity contribution in [1.82, 2.24) is 9.80 Å². The van der Waals surface area contributed by atoms with Crippen LogP contribution in [0.15, 0.2) is 17.5 Å². The summed E-state index contributed by atoms with van der Waals surface area (Å²) in [5, 5.41) is 1.85. The average Bonchev–Trinajstić information content (AvgIpc) is 3.08. The maximum Gasteiger partial charge on any atom is 0.264 e. The van der Waals surface area contributed by atoms with Crippen molar-refractivity contribution in [3.8, 4) is 0 Å². The van der Waals surface area contributed by atoms with Gasteiger partial charge in [-0.15, -0.1) is 11.3 Å². The second-order valence-corrected chi connectivity index (χ2v) is 5.71. The summed E-state index contributed by atoms with van der Waals surface area (Å²) < 4.78 is 0. The normalized spacial score (nSPS) is 18.6. The van der Waals surface area contributed by atoms with Gasteiger partial charge >= 0.3 is 0 Å². The number of likely N-dealkylation sites (tertiary alicyclic amines) is 1. The van der Waals surface area contributed by atoms with Gasteiger partial charge in [0.05, 0.1) is 11.4 Å². The van der Waals surface area contributed by atoms with Gasteiger partial charge < -0.3 is 15.5 Å². The quantitative estimate of drug-likeness (QED) is 0.886. The zero-order valence-electron chi connectivity index (χ0n) is 11.0. The first-order valence-electron chi connectivity index (χ1n) is 6.42. The molecule has 1 aliphatic heterocycles. The Kier molecular flexibility index (Phi) is 4.55. The fourth-order valence-corrected chi connectivity index (χ4v) is 3.08. The second kappa shape index (κ2) is 6.16. The van der Waals surface area contributed by atoms with Crippen LogP contribution in [0, 0.1) is 0 Å². The monoisotopic (exact) mass is 281 g/mol. The van der Waals surface area contributed by atoms with Crippen molar-refractivity contribution in [3.63, 3.8) is 0 Å². The Morgan fingerprint density at radius 2 is 2.37 bits per heavy atom. The molecule has 1 unspecified atom stereocenters. The molecule has 1 atom stereocenters. The standard InChI is InChI=1S/C13H19N3O2S/c1-15(13(18)11-5-3-7-19-11)9-12(17)16-6-2-4-10(16)8-14/h3,5,7,10H,2,4,6,8-9,14H2,1H3. The van der Waals surface area contributed by atoms with Crippen molar-refractivity contribution in [2.45, 2.75) is 18.9 Å². The number of nitrogens with zero attached hydrogens (tertiary/aromatic N) is 2. The van der Waals surface area contributed by atoms with Crippen LogP contribution < -0.4 is 5.73 Å². The molecular weight excluding hydrogens is 262 g/mol. The van der Waals surface area contributed by atoms with Crippen LogP contribution in [0.3, 0.4) is 0 Å². The van der Waals surface area contributed by atoms with Crippen LogP contribution in [0.25, 0.3) is 0 Å². The second-order valence-electron chi connectivity index (χ2n) is 4.76. The highest BCUT2D eigenvalue weighted by molar-refractivity contribution is 7.12. The van der Waals surface area contributed by atoms with E-state index in [1.54, 1.807) is 18.0 Å². The number of hydrogen-bond donors (Lipinski definition) is 1. The predicted octanol–water partition coefficient (Wildman–Crippen LogP) is 0.770. The lowest BCUT2D eigenvalue weighted by atomic mass is 10.2. The van der Waals surface area contributed by atoms with Crippen molar-refractivity contribution in [1.29, 1.82) is 0 Å². The van der Waals surface area contributed by atoms with Crippen molar-refractivity contribution >= 4 is 23.2 Å². The molecule has 0 aromatic carbocycles. The van der Waals surface area contributed by atoms with Gasteiger partial charge in [0.2, 0.25) is 5.91 Å². The summed E-state index contributed by atoms with van der Waals surface area (Å²) in [5.74, 6) is -0.118. The Labute approximate surface area is 117 Å². The zero-order chi connectivity index (χ0) is 13.8. The molecule has 2 rings (SSSR count). The SMILES string of the molecule is CN(CC(=O)N1CCCC1CN)C(=O)c1cccs1. The van der Waals surface area contributed by atoms with E-state index in [9.17, 15) is 9.59 Å². The molecule has 2 amide bonds. The summed E-state index contributed by atoms with van der Waals surface area (Å²) in [4.78, 5) is 28.2. The van der Waals surface area contributed by atoms with Gasteiger partial charge in [-0.25, -0.2) is 0 Å². The topological polar surface area (TPSA) is 66.6 Å². The van der Waals surface area contributed by atoms with E-state index in [-0.39, 0.29) is 24.4 Å². The molecule has 0 spiro atoms. The van der Waals surface area contributed by atoms with Gasteiger partial charge in [0, 0.05) is 26.2 Å². The highest BCUT2D eigenvalue weighted by Crippen LogP contribution is 2.17. The van der Waals surface area contributed by atoms with E-state index in [0.29, 0.717) is 11.4 Å². The Hall–Kier alpha value is -1.40. The van der Waals surface area contributed by atoms with Gasteiger partial charge in [-0.05, 0) is 24.3 Å². The zero-order valence-corrected chi connectivity index (χ0v) is 11.9. The highest BCUT2D eigenvalue weighted by atomic mass is 32.1. The van der Waals surface area contributed by atoms with E-state index >= 15 is 0 Å². The third-order valence-corrected chi connectivity index (χ3v) is 4.28. The number of amides is 2. The van der Waals surface area contributed by atoms with Crippen LogP contribution in [0.1, 0.15) is 22.5 Å². The lowest BCUT2D eigenvalue weighted by Gasteiger charge is -2.26. The van der Waals surface area contributed by atoms with Crippen LogP contribution >= 0.6 is 11.3 Å². The summed E-state index contributed by atoms with van der Waals surface area (Å²) in [5.41, 5.74) is 5.66. The van der Waals surface area contributed by atoms with Crippen LogP contribution in [-0.4, -0.2) is 54.3 Å². The number of carbonyl (C=O) groups is 2. The molecule has 19 heavy (non-hydrogen) atoms. The van der Waals surface area contributed by atoms with Gasteiger partial charge in [-0.2, -0.15) is 0 Å². The molecule has 1 aliphatic rings. The molecule has 1 aromatic rings. The number of carbonyl (C=O) groups excluding carboxylic acids is 2. The smallest absolute Gasteiger partial charge is 0.264 e. The predicted molar refractivity (Wildman–Crippen MR) is 75.1 cm³/mol. The maximum atomic E-state index is 12.2. The van der Waals surface area contributed by atoms with E-state index < -0.39 is 0 Å². The minimum absolute atomic E-state index is 0.0136. The van der Waals surface area contributed by atoms with Crippen LogP contribution in [-0.2, 0) is 4.79 Å². The summed E-state index contributed by atoms with van der Waals surface area (Å²) in [6, 6.07) is 3.74. The molecule has 5 nitrogen and oxygen atoms in total. The van der Waals surface area contributed by atoms with E-state index in [1.165, 1.54) is 16.2 Å². The Balaban J connectivity index is 1.93.